The summed E-state index contributed by atoms with van der Waals surface area (Å²) in [5, 5.41) is 12.2. The molecule has 0 radical (unpaired) electrons. The Kier molecular flexibility index (Phi) is 6.17. The molecule has 9 nitrogen and oxygen atoms in total. The zero-order valence-electron chi connectivity index (χ0n) is 19.0. The van der Waals surface area contributed by atoms with E-state index >= 15 is 0 Å². The van der Waals surface area contributed by atoms with E-state index in [-0.39, 0.29) is 22.9 Å². The average molecular weight is 518 g/mol. The average Bonchev–Trinajstić information content (AvgIpc) is 3.66. The maximum absolute atomic E-state index is 13.5. The molecule has 0 aromatic carbocycles. The summed E-state index contributed by atoms with van der Waals surface area (Å²) < 4.78 is 67.6. The van der Waals surface area contributed by atoms with Gasteiger partial charge in [0.2, 0.25) is 10.0 Å². The largest absolute Gasteiger partial charge is 0.396 e. The summed E-state index contributed by atoms with van der Waals surface area (Å²) in [5.41, 5.74) is 1.71. The molecule has 0 saturated heterocycles. The fraction of sp³-hybridized carbons (Fsp3) is 0.391. The molecule has 1 fully saturated rings. The first-order valence-electron chi connectivity index (χ1n) is 11.3. The number of halogens is 3. The molecule has 2 N–H and O–H groups in total. The maximum Gasteiger partial charge on any atom is 0.396 e. The van der Waals surface area contributed by atoms with Gasteiger partial charge in [0.1, 0.15) is 22.9 Å². The highest BCUT2D eigenvalue weighted by Crippen LogP contribution is 2.40. The second-order valence-corrected chi connectivity index (χ2v) is 10.6. The van der Waals surface area contributed by atoms with Gasteiger partial charge in [-0.15, -0.1) is 0 Å². The summed E-state index contributed by atoms with van der Waals surface area (Å²) in [6.45, 7) is 0.759. The SMILES string of the molecule is N#CC1=CC=C(N2CCc3c(ncnc3Nc3ccc(S(=O)(=O)NC4CC4)cn3)C2)CC1C(F)(F)F. The Morgan fingerprint density at radius 1 is 1.14 bits per heavy atom. The van der Waals surface area contributed by atoms with Crippen LogP contribution >= 0.6 is 0 Å². The minimum Gasteiger partial charge on any atom is -0.369 e. The Morgan fingerprint density at radius 2 is 1.94 bits per heavy atom. The highest BCUT2D eigenvalue weighted by Gasteiger charge is 2.44. The lowest BCUT2D eigenvalue weighted by molar-refractivity contribution is -0.163. The number of nitrogens with one attached hydrogen (secondary N) is 2. The lowest BCUT2D eigenvalue weighted by atomic mass is 9.88. The first-order valence-corrected chi connectivity index (χ1v) is 12.8. The molecule has 36 heavy (non-hydrogen) atoms. The van der Waals surface area contributed by atoms with Gasteiger partial charge in [-0.2, -0.15) is 18.4 Å². The predicted octanol–water partition coefficient (Wildman–Crippen LogP) is 3.33. The summed E-state index contributed by atoms with van der Waals surface area (Å²) in [7, 11) is -3.61. The van der Waals surface area contributed by atoms with Gasteiger partial charge in [-0.3, -0.25) is 0 Å². The first-order chi connectivity index (χ1) is 17.1. The van der Waals surface area contributed by atoms with Crippen molar-refractivity contribution in [2.75, 3.05) is 11.9 Å². The number of fused-ring (bicyclic) bond motifs is 1. The smallest absolute Gasteiger partial charge is 0.369 e. The summed E-state index contributed by atoms with van der Waals surface area (Å²) in [6.07, 6.45) is 2.83. The van der Waals surface area contributed by atoms with E-state index in [1.54, 1.807) is 18.2 Å². The van der Waals surface area contributed by atoms with Crippen molar-refractivity contribution < 1.29 is 21.6 Å². The number of rotatable bonds is 6. The van der Waals surface area contributed by atoms with Gasteiger partial charge in [-0.05, 0) is 43.5 Å². The van der Waals surface area contributed by atoms with Crippen LogP contribution in [0.5, 0.6) is 0 Å². The lowest BCUT2D eigenvalue weighted by Crippen LogP contribution is -2.35. The number of allylic oxidation sites excluding steroid dienone is 4. The first kappa shape index (κ1) is 24.2. The highest BCUT2D eigenvalue weighted by atomic mass is 32.2. The molecule has 2 aliphatic carbocycles. The fourth-order valence-electron chi connectivity index (χ4n) is 4.26. The number of alkyl halides is 3. The van der Waals surface area contributed by atoms with E-state index in [9.17, 15) is 21.6 Å². The van der Waals surface area contributed by atoms with E-state index in [1.807, 2.05) is 4.90 Å². The van der Waals surface area contributed by atoms with Crippen molar-refractivity contribution in [2.24, 2.45) is 5.92 Å². The maximum atomic E-state index is 13.5. The molecule has 0 spiro atoms. The predicted molar refractivity (Wildman–Crippen MR) is 123 cm³/mol. The van der Waals surface area contributed by atoms with E-state index in [4.69, 9.17) is 5.26 Å². The molecule has 1 atom stereocenters. The molecule has 2 aromatic heterocycles. The molecular weight excluding hydrogens is 495 g/mol. The van der Waals surface area contributed by atoms with Crippen LogP contribution in [0.25, 0.3) is 0 Å². The lowest BCUT2D eigenvalue weighted by Gasteiger charge is -2.35. The van der Waals surface area contributed by atoms with Gasteiger partial charge in [0.25, 0.3) is 0 Å². The normalized spacial score (nSPS) is 20.2. The molecule has 0 amide bonds. The third-order valence-corrected chi connectivity index (χ3v) is 7.88. The van der Waals surface area contributed by atoms with Crippen LogP contribution in [0, 0.1) is 17.2 Å². The van der Waals surface area contributed by atoms with Crippen molar-refractivity contribution in [1.29, 1.82) is 5.26 Å². The zero-order chi connectivity index (χ0) is 25.5. The number of aromatic nitrogens is 3. The van der Waals surface area contributed by atoms with E-state index < -0.39 is 22.1 Å². The third-order valence-electron chi connectivity index (χ3n) is 6.37. The Bertz CT molecular complexity index is 1380. The molecule has 188 valence electrons. The molecule has 2 aromatic rings. The number of anilines is 2. The van der Waals surface area contributed by atoms with E-state index in [2.05, 4.69) is 25.0 Å². The quantitative estimate of drug-likeness (QED) is 0.598. The molecule has 13 heteroatoms. The Hall–Kier alpha value is -3.50. The highest BCUT2D eigenvalue weighted by molar-refractivity contribution is 7.89. The number of hydrogen-bond donors (Lipinski definition) is 2. The van der Waals surface area contributed by atoms with Crippen molar-refractivity contribution in [3.8, 4) is 6.07 Å². The number of nitriles is 1. The second-order valence-electron chi connectivity index (χ2n) is 8.91. The van der Waals surface area contributed by atoms with E-state index in [1.165, 1.54) is 24.7 Å². The van der Waals surface area contributed by atoms with Crippen LogP contribution in [0.2, 0.25) is 0 Å². The minimum atomic E-state index is -4.50. The van der Waals surface area contributed by atoms with Crippen LogP contribution in [0.1, 0.15) is 30.5 Å². The molecule has 5 rings (SSSR count). The van der Waals surface area contributed by atoms with E-state index in [0.29, 0.717) is 42.5 Å². The van der Waals surface area contributed by atoms with Crippen molar-refractivity contribution in [1.82, 2.24) is 24.6 Å². The van der Waals surface area contributed by atoms with Gasteiger partial charge >= 0.3 is 6.18 Å². The fourth-order valence-corrected chi connectivity index (χ4v) is 5.51. The summed E-state index contributed by atoms with van der Waals surface area (Å²) >= 11 is 0. The minimum absolute atomic E-state index is 0.00644. The van der Waals surface area contributed by atoms with Gasteiger partial charge < -0.3 is 10.2 Å². The van der Waals surface area contributed by atoms with Crippen LogP contribution in [0.3, 0.4) is 0 Å². The number of pyridine rings is 1. The number of nitrogens with zero attached hydrogens (tertiary/aromatic N) is 5. The summed E-state index contributed by atoms with van der Waals surface area (Å²) in [5.74, 6) is -0.902. The Labute approximate surface area is 205 Å². The zero-order valence-corrected chi connectivity index (χ0v) is 19.8. The molecular formula is C23H22F3N7O2S. The summed E-state index contributed by atoms with van der Waals surface area (Å²) in [6, 6.07) is 4.67. The van der Waals surface area contributed by atoms with Crippen LogP contribution in [-0.2, 0) is 23.0 Å². The molecule has 3 heterocycles. The van der Waals surface area contributed by atoms with Crippen molar-refractivity contribution in [2.45, 2.75) is 49.3 Å². The third kappa shape index (κ3) is 5.05. The van der Waals surface area contributed by atoms with Gasteiger partial charge in [0.15, 0.2) is 0 Å². The van der Waals surface area contributed by atoms with Crippen LogP contribution in [0.4, 0.5) is 24.8 Å². The molecule has 1 aliphatic heterocycles. The van der Waals surface area contributed by atoms with Gasteiger partial charge in [0, 0.05) is 42.0 Å². The van der Waals surface area contributed by atoms with Gasteiger partial charge in [0.05, 0.1) is 24.2 Å². The molecule has 1 saturated carbocycles. The topological polar surface area (TPSA) is 124 Å². The van der Waals surface area contributed by atoms with Crippen LogP contribution in [0.15, 0.2) is 53.0 Å². The molecule has 1 unspecified atom stereocenters. The molecule has 3 aliphatic rings. The molecule has 0 bridgehead atoms. The van der Waals surface area contributed by atoms with Gasteiger partial charge in [-0.1, -0.05) is 0 Å². The van der Waals surface area contributed by atoms with E-state index in [0.717, 1.165) is 18.4 Å². The van der Waals surface area contributed by atoms with Crippen LogP contribution in [-0.4, -0.2) is 47.0 Å². The number of sulfonamides is 1. The van der Waals surface area contributed by atoms with Crippen molar-refractivity contribution in [3.05, 3.63) is 59.3 Å². The standard InChI is InChI=1S/C23H22F3N7O2S/c24-23(25,26)19-9-16(4-1-14(19)10-27)33-8-7-18-20(12-33)29-13-30-22(18)31-21-6-5-17(11-28-21)36(34,35)32-15-2-3-15/h1,4-6,11,13,15,19,32H,2-3,7-9,12H2,(H,28,29,30,31). The summed E-state index contributed by atoms with van der Waals surface area (Å²) in [4.78, 5) is 14.7. The van der Waals surface area contributed by atoms with Crippen molar-refractivity contribution in [3.63, 3.8) is 0 Å². The second kappa shape index (κ2) is 9.18. The van der Waals surface area contributed by atoms with Crippen molar-refractivity contribution >= 4 is 21.7 Å². The Balaban J connectivity index is 1.30. The monoisotopic (exact) mass is 517 g/mol. The van der Waals surface area contributed by atoms with Crippen LogP contribution < -0.4 is 10.0 Å². The van der Waals surface area contributed by atoms with Gasteiger partial charge in [-0.25, -0.2) is 28.1 Å². The Morgan fingerprint density at radius 3 is 2.61 bits per heavy atom. The number of hydrogen-bond acceptors (Lipinski definition) is 8.